The molecule has 0 aromatic heterocycles. The van der Waals surface area contributed by atoms with E-state index in [4.69, 9.17) is 0 Å². The number of phenolic OH excluding ortho intramolecular Hbond substituents is 1. The number of hydrogen-bond donors (Lipinski definition) is 2. The Morgan fingerprint density at radius 2 is 1.76 bits per heavy atom. The number of fused-ring (bicyclic) bond motifs is 5. The second-order valence-electron chi connectivity index (χ2n) is 9.78. The van der Waals surface area contributed by atoms with Crippen LogP contribution in [0.2, 0.25) is 0 Å². The van der Waals surface area contributed by atoms with Gasteiger partial charge in [-0.3, -0.25) is 0 Å². The molecule has 2 nitrogen and oxygen atoms in total. The Labute approximate surface area is 190 Å². The van der Waals surface area contributed by atoms with Crippen LogP contribution in [0.15, 0.2) is 45.3 Å². The zero-order valence-electron chi connectivity index (χ0n) is 16.8. The van der Waals surface area contributed by atoms with Crippen molar-refractivity contribution in [1.29, 1.82) is 0 Å². The van der Waals surface area contributed by atoms with Gasteiger partial charge < -0.3 is 10.2 Å². The van der Waals surface area contributed by atoms with E-state index >= 15 is 0 Å². The summed E-state index contributed by atoms with van der Waals surface area (Å²) in [6.07, 6.45) is 7.18. The van der Waals surface area contributed by atoms with Gasteiger partial charge in [0.05, 0.1) is 5.60 Å². The Kier molecular flexibility index (Phi) is 4.92. The van der Waals surface area contributed by atoms with E-state index in [0.29, 0.717) is 23.5 Å². The van der Waals surface area contributed by atoms with Crippen LogP contribution in [0.25, 0.3) is 0 Å². The van der Waals surface area contributed by atoms with Gasteiger partial charge in [-0.1, -0.05) is 44.8 Å². The first kappa shape index (κ1) is 20.1. The largest absolute Gasteiger partial charge is 0.508 e. The lowest BCUT2D eigenvalue weighted by Crippen LogP contribution is -2.51. The van der Waals surface area contributed by atoms with Crippen LogP contribution in [0.3, 0.4) is 0 Å². The maximum absolute atomic E-state index is 11.9. The van der Waals surface area contributed by atoms with Gasteiger partial charge in [-0.15, -0.1) is 0 Å². The molecule has 0 aliphatic heterocycles. The van der Waals surface area contributed by atoms with Gasteiger partial charge in [0.2, 0.25) is 0 Å². The van der Waals surface area contributed by atoms with E-state index in [0.717, 1.165) is 47.5 Å². The molecule has 0 spiro atoms. The molecular weight excluding hydrogens is 492 g/mol. The molecule has 4 heteroatoms. The lowest BCUT2D eigenvalue weighted by molar-refractivity contribution is -0.102. The highest BCUT2D eigenvalue weighted by Crippen LogP contribution is 2.65. The molecule has 0 unspecified atom stereocenters. The maximum atomic E-state index is 11.9. The van der Waals surface area contributed by atoms with Gasteiger partial charge in [-0.05, 0) is 109 Å². The first-order valence-electron chi connectivity index (χ1n) is 10.8. The molecule has 0 radical (unpaired) electrons. The van der Waals surface area contributed by atoms with Crippen LogP contribution in [0, 0.1) is 17.3 Å². The van der Waals surface area contributed by atoms with Crippen molar-refractivity contribution in [2.24, 2.45) is 17.3 Å². The molecule has 0 bridgehead atoms. The first-order chi connectivity index (χ1) is 13.8. The van der Waals surface area contributed by atoms with Crippen molar-refractivity contribution in [2.45, 2.75) is 63.4 Å². The summed E-state index contributed by atoms with van der Waals surface area (Å²) in [5.74, 6) is 2.19. The minimum absolute atomic E-state index is 0.0304. The molecular formula is C25H28Br2O2. The van der Waals surface area contributed by atoms with Crippen molar-refractivity contribution in [3.8, 4) is 5.75 Å². The monoisotopic (exact) mass is 518 g/mol. The standard InChI is InChI=1S/C25H28Br2O2/c1-24-8-6-21-20-5-3-19(28)12-16(20)2-4-22(21)23(24)7-9-25(24,29)14-15-10-17(26)13-18(27)11-15/h3,5,10-13,21-23,28-29H,2,4,6-9,14H2,1H3/t21-,22-,23+,24+,25-/m1/s1. The number of phenols is 1. The van der Waals surface area contributed by atoms with Crippen molar-refractivity contribution in [3.63, 3.8) is 0 Å². The number of aliphatic hydroxyl groups is 1. The van der Waals surface area contributed by atoms with Crippen molar-refractivity contribution in [2.75, 3.05) is 0 Å². The Morgan fingerprint density at radius 3 is 2.52 bits per heavy atom. The predicted octanol–water partition coefficient (Wildman–Crippen LogP) is 6.75. The van der Waals surface area contributed by atoms with Crippen LogP contribution >= 0.6 is 31.9 Å². The van der Waals surface area contributed by atoms with Gasteiger partial charge >= 0.3 is 0 Å². The summed E-state index contributed by atoms with van der Waals surface area (Å²) in [6, 6.07) is 12.3. The van der Waals surface area contributed by atoms with E-state index in [1.807, 2.05) is 12.1 Å². The summed E-state index contributed by atoms with van der Waals surface area (Å²) in [7, 11) is 0. The molecule has 0 amide bonds. The highest BCUT2D eigenvalue weighted by Gasteiger charge is 2.61. The number of benzene rings is 2. The molecule has 154 valence electrons. The van der Waals surface area contributed by atoms with Crippen LogP contribution in [-0.4, -0.2) is 15.8 Å². The summed E-state index contributed by atoms with van der Waals surface area (Å²) in [6.45, 7) is 2.36. The number of aromatic hydroxyl groups is 1. The molecule has 3 aliphatic rings. The van der Waals surface area contributed by atoms with Crippen LogP contribution in [0.1, 0.15) is 61.6 Å². The molecule has 5 atom stereocenters. The van der Waals surface area contributed by atoms with E-state index < -0.39 is 5.60 Å². The summed E-state index contributed by atoms with van der Waals surface area (Å²) in [5.41, 5.74) is 3.31. The lowest BCUT2D eigenvalue weighted by atomic mass is 9.53. The smallest absolute Gasteiger partial charge is 0.115 e. The van der Waals surface area contributed by atoms with Crippen LogP contribution < -0.4 is 0 Å². The van der Waals surface area contributed by atoms with Gasteiger partial charge in [-0.25, -0.2) is 0 Å². The van der Waals surface area contributed by atoms with E-state index in [9.17, 15) is 10.2 Å². The lowest BCUT2D eigenvalue weighted by Gasteiger charge is -2.53. The Hall–Kier alpha value is -0.840. The fourth-order valence-electron chi connectivity index (χ4n) is 7.02. The van der Waals surface area contributed by atoms with Crippen LogP contribution in [0.4, 0.5) is 0 Å². The maximum Gasteiger partial charge on any atom is 0.115 e. The van der Waals surface area contributed by atoms with E-state index in [1.54, 1.807) is 0 Å². The van der Waals surface area contributed by atoms with E-state index in [1.165, 1.54) is 23.1 Å². The molecule has 3 aliphatic carbocycles. The molecule has 0 saturated heterocycles. The molecule has 0 heterocycles. The minimum Gasteiger partial charge on any atom is -0.508 e. The molecule has 2 fully saturated rings. The second-order valence-corrected chi connectivity index (χ2v) is 11.6. The third-order valence-electron chi connectivity index (χ3n) is 8.45. The van der Waals surface area contributed by atoms with E-state index in [2.05, 4.69) is 63.0 Å². The van der Waals surface area contributed by atoms with Gasteiger partial charge in [0.1, 0.15) is 5.75 Å². The van der Waals surface area contributed by atoms with Crippen LogP contribution in [0.5, 0.6) is 5.75 Å². The quantitative estimate of drug-likeness (QED) is 0.460. The number of halogens is 2. The van der Waals surface area contributed by atoms with Gasteiger partial charge in [0.25, 0.3) is 0 Å². The SMILES string of the molecule is C[C@]12CC[C@@H]3c4ccc(O)cc4CC[C@H]3[C@@H]1CC[C@@]2(O)Cc1cc(Br)cc(Br)c1. The van der Waals surface area contributed by atoms with Gasteiger partial charge in [0, 0.05) is 15.4 Å². The third-order valence-corrected chi connectivity index (χ3v) is 9.37. The van der Waals surface area contributed by atoms with Crippen LogP contribution in [-0.2, 0) is 12.8 Å². The molecule has 2 N–H and O–H groups in total. The zero-order chi connectivity index (χ0) is 20.4. The summed E-state index contributed by atoms with van der Waals surface area (Å²) < 4.78 is 2.11. The van der Waals surface area contributed by atoms with Crippen molar-refractivity contribution in [1.82, 2.24) is 0 Å². The Morgan fingerprint density at radius 1 is 1.00 bits per heavy atom. The second kappa shape index (κ2) is 7.10. The van der Waals surface area contributed by atoms with Gasteiger partial charge in [-0.2, -0.15) is 0 Å². The average Bonchev–Trinajstić information content (AvgIpc) is 2.91. The predicted molar refractivity (Wildman–Crippen MR) is 123 cm³/mol. The van der Waals surface area contributed by atoms with E-state index in [-0.39, 0.29) is 5.41 Å². The highest BCUT2D eigenvalue weighted by molar-refractivity contribution is 9.11. The number of aryl methyl sites for hydroxylation is 1. The molecule has 29 heavy (non-hydrogen) atoms. The fraction of sp³-hybridized carbons (Fsp3) is 0.520. The van der Waals surface area contributed by atoms with Crippen molar-refractivity contribution in [3.05, 3.63) is 62.0 Å². The third kappa shape index (κ3) is 3.21. The summed E-state index contributed by atoms with van der Waals surface area (Å²) >= 11 is 7.20. The van der Waals surface area contributed by atoms with Gasteiger partial charge in [0.15, 0.2) is 0 Å². The van der Waals surface area contributed by atoms with Crippen molar-refractivity contribution < 1.29 is 10.2 Å². The Balaban J connectivity index is 1.45. The Bertz CT molecular complexity index is 938. The topological polar surface area (TPSA) is 40.5 Å². The molecule has 2 aromatic carbocycles. The normalized spacial score (nSPS) is 35.7. The molecule has 2 saturated carbocycles. The first-order valence-corrected chi connectivity index (χ1v) is 12.4. The fourth-order valence-corrected chi connectivity index (χ4v) is 8.41. The van der Waals surface area contributed by atoms with Crippen molar-refractivity contribution >= 4 is 31.9 Å². The average molecular weight is 520 g/mol. The summed E-state index contributed by atoms with van der Waals surface area (Å²) in [4.78, 5) is 0. The molecule has 5 rings (SSSR count). The highest BCUT2D eigenvalue weighted by atomic mass is 79.9. The number of hydrogen-bond acceptors (Lipinski definition) is 2. The molecule has 2 aromatic rings. The minimum atomic E-state index is -0.641. The number of rotatable bonds is 2. The summed E-state index contributed by atoms with van der Waals surface area (Å²) in [5, 5.41) is 21.8. The zero-order valence-corrected chi connectivity index (χ0v) is 20.0.